The molecule has 1 unspecified atom stereocenters. The van der Waals surface area contributed by atoms with E-state index in [1.165, 1.54) is 13.0 Å². The van der Waals surface area contributed by atoms with Gasteiger partial charge in [-0.3, -0.25) is 4.90 Å². The Kier molecular flexibility index (Phi) is 4.63. The fourth-order valence-corrected chi connectivity index (χ4v) is 2.11. The van der Waals surface area contributed by atoms with Crippen molar-refractivity contribution in [1.82, 2.24) is 10.2 Å². The smallest absolute Gasteiger partial charge is 0.0252 e. The number of hydrogen-bond donors (Lipinski definition) is 1. The molecule has 86 valence electrons. The van der Waals surface area contributed by atoms with Gasteiger partial charge in [-0.2, -0.15) is 0 Å². The summed E-state index contributed by atoms with van der Waals surface area (Å²) >= 11 is 0. The predicted octanol–water partition coefficient (Wildman–Crippen LogP) is 1.86. The highest BCUT2D eigenvalue weighted by Gasteiger charge is 2.29. The molecule has 0 amide bonds. The highest BCUT2D eigenvalue weighted by atomic mass is 15.2. The zero-order valence-corrected chi connectivity index (χ0v) is 10.3. The summed E-state index contributed by atoms with van der Waals surface area (Å²) in [6, 6.07) is 0.656. The molecular weight excluding hydrogens is 184 g/mol. The van der Waals surface area contributed by atoms with Crippen LogP contribution in [0, 0.1) is 12.3 Å². The molecule has 0 aromatic rings. The Balaban J connectivity index is 2.29. The summed E-state index contributed by atoms with van der Waals surface area (Å²) in [6.07, 6.45) is 8.55. The van der Waals surface area contributed by atoms with Gasteiger partial charge in [0.15, 0.2) is 0 Å². The lowest BCUT2D eigenvalue weighted by Crippen LogP contribution is -2.60. The fraction of sp³-hybridized carbons (Fsp3) is 0.846. The Morgan fingerprint density at radius 2 is 2.20 bits per heavy atom. The Morgan fingerprint density at radius 3 is 2.87 bits per heavy atom. The van der Waals surface area contributed by atoms with Gasteiger partial charge in [-0.25, -0.2) is 0 Å². The Hall–Kier alpha value is -0.520. The molecule has 0 aliphatic carbocycles. The highest BCUT2D eigenvalue weighted by Crippen LogP contribution is 2.15. The van der Waals surface area contributed by atoms with Crippen molar-refractivity contribution in [3.63, 3.8) is 0 Å². The lowest BCUT2D eigenvalue weighted by Gasteiger charge is -2.43. The number of rotatable bonds is 4. The molecule has 2 nitrogen and oxygen atoms in total. The van der Waals surface area contributed by atoms with Crippen LogP contribution in [0.15, 0.2) is 0 Å². The van der Waals surface area contributed by atoms with Crippen LogP contribution in [0.25, 0.3) is 0 Å². The van der Waals surface area contributed by atoms with Crippen molar-refractivity contribution in [2.75, 3.05) is 19.6 Å². The zero-order valence-electron chi connectivity index (χ0n) is 10.3. The van der Waals surface area contributed by atoms with Crippen LogP contribution in [0.5, 0.6) is 0 Å². The molecular formula is C13H24N2. The van der Waals surface area contributed by atoms with E-state index in [-0.39, 0.29) is 5.54 Å². The topological polar surface area (TPSA) is 15.3 Å². The van der Waals surface area contributed by atoms with Crippen LogP contribution < -0.4 is 5.32 Å². The number of piperazine rings is 1. The summed E-state index contributed by atoms with van der Waals surface area (Å²) in [7, 11) is 0. The molecule has 15 heavy (non-hydrogen) atoms. The average Bonchev–Trinajstić information content (AvgIpc) is 2.18. The molecule has 0 spiro atoms. The van der Waals surface area contributed by atoms with Crippen LogP contribution in [0.2, 0.25) is 0 Å². The monoisotopic (exact) mass is 208 g/mol. The van der Waals surface area contributed by atoms with Gasteiger partial charge in [-0.1, -0.05) is 0 Å². The Bertz CT molecular complexity index is 227. The van der Waals surface area contributed by atoms with Crippen LogP contribution in [-0.2, 0) is 0 Å². The van der Waals surface area contributed by atoms with E-state index in [9.17, 15) is 0 Å². The van der Waals surface area contributed by atoms with E-state index in [2.05, 4.69) is 36.9 Å². The predicted molar refractivity (Wildman–Crippen MR) is 65.8 cm³/mol. The minimum Gasteiger partial charge on any atom is -0.309 e. The minimum atomic E-state index is 0.263. The standard InChI is InChI=1S/C13H24N2/c1-5-6-7-8-9-15-11-13(3,4)14-10-12(15)2/h1,12,14H,6-11H2,2-4H3. The molecule has 0 aromatic carbocycles. The number of nitrogens with zero attached hydrogens (tertiary/aromatic N) is 1. The van der Waals surface area contributed by atoms with E-state index in [1.54, 1.807) is 0 Å². The largest absolute Gasteiger partial charge is 0.309 e. The molecule has 1 atom stereocenters. The van der Waals surface area contributed by atoms with Crippen molar-refractivity contribution in [3.05, 3.63) is 0 Å². The van der Waals surface area contributed by atoms with E-state index in [0.717, 1.165) is 25.9 Å². The van der Waals surface area contributed by atoms with Crippen LogP contribution >= 0.6 is 0 Å². The van der Waals surface area contributed by atoms with Crippen molar-refractivity contribution in [2.45, 2.75) is 51.6 Å². The van der Waals surface area contributed by atoms with Gasteiger partial charge in [0.05, 0.1) is 0 Å². The summed E-state index contributed by atoms with van der Waals surface area (Å²) < 4.78 is 0. The molecule has 0 aromatic heterocycles. The highest BCUT2D eigenvalue weighted by molar-refractivity contribution is 4.90. The van der Waals surface area contributed by atoms with Crippen molar-refractivity contribution in [1.29, 1.82) is 0 Å². The lowest BCUT2D eigenvalue weighted by molar-refractivity contribution is 0.103. The maximum Gasteiger partial charge on any atom is 0.0252 e. The van der Waals surface area contributed by atoms with Crippen LogP contribution in [0.3, 0.4) is 0 Å². The molecule has 1 aliphatic rings. The number of hydrogen-bond acceptors (Lipinski definition) is 2. The second-order valence-corrected chi connectivity index (χ2v) is 5.25. The maximum atomic E-state index is 5.24. The minimum absolute atomic E-state index is 0.263. The van der Waals surface area contributed by atoms with Gasteiger partial charge in [0, 0.05) is 31.1 Å². The van der Waals surface area contributed by atoms with Crippen molar-refractivity contribution in [2.24, 2.45) is 0 Å². The number of nitrogens with one attached hydrogen (secondary N) is 1. The van der Waals surface area contributed by atoms with Crippen molar-refractivity contribution >= 4 is 0 Å². The van der Waals surface area contributed by atoms with Gasteiger partial charge in [0.25, 0.3) is 0 Å². The van der Waals surface area contributed by atoms with Crippen molar-refractivity contribution in [3.8, 4) is 12.3 Å². The van der Waals surface area contributed by atoms with Crippen molar-refractivity contribution < 1.29 is 0 Å². The number of unbranched alkanes of at least 4 members (excludes halogenated alkanes) is 2. The van der Waals surface area contributed by atoms with Crippen LogP contribution in [0.4, 0.5) is 0 Å². The van der Waals surface area contributed by atoms with Crippen LogP contribution in [0.1, 0.15) is 40.0 Å². The maximum absolute atomic E-state index is 5.24. The van der Waals surface area contributed by atoms with Gasteiger partial charge in [0.2, 0.25) is 0 Å². The molecule has 1 fully saturated rings. The first-order valence-electron chi connectivity index (χ1n) is 5.98. The second kappa shape index (κ2) is 5.53. The van der Waals surface area contributed by atoms with Gasteiger partial charge < -0.3 is 5.32 Å². The average molecular weight is 208 g/mol. The summed E-state index contributed by atoms with van der Waals surface area (Å²) in [5.74, 6) is 2.70. The second-order valence-electron chi connectivity index (χ2n) is 5.25. The SMILES string of the molecule is C#CCCCCN1CC(C)(C)NCC1C. The van der Waals surface area contributed by atoms with Gasteiger partial charge in [-0.15, -0.1) is 12.3 Å². The number of terminal acetylenes is 1. The molecule has 0 saturated carbocycles. The van der Waals surface area contributed by atoms with Gasteiger partial charge >= 0.3 is 0 Å². The van der Waals surface area contributed by atoms with Crippen LogP contribution in [-0.4, -0.2) is 36.1 Å². The normalized spacial score (nSPS) is 26.1. The van der Waals surface area contributed by atoms with E-state index in [0.29, 0.717) is 6.04 Å². The van der Waals surface area contributed by atoms with E-state index < -0.39 is 0 Å². The summed E-state index contributed by atoms with van der Waals surface area (Å²) in [5.41, 5.74) is 0.263. The van der Waals surface area contributed by atoms with E-state index in [4.69, 9.17) is 6.42 Å². The van der Waals surface area contributed by atoms with Gasteiger partial charge in [-0.05, 0) is 40.2 Å². The summed E-state index contributed by atoms with van der Waals surface area (Å²) in [4.78, 5) is 2.58. The third-order valence-corrected chi connectivity index (χ3v) is 3.11. The quantitative estimate of drug-likeness (QED) is 0.560. The Morgan fingerprint density at radius 1 is 1.47 bits per heavy atom. The Labute approximate surface area is 94.4 Å². The van der Waals surface area contributed by atoms with E-state index in [1.807, 2.05) is 0 Å². The molecule has 0 radical (unpaired) electrons. The molecule has 1 N–H and O–H groups in total. The molecule has 1 heterocycles. The molecule has 1 saturated heterocycles. The first kappa shape index (κ1) is 12.5. The fourth-order valence-electron chi connectivity index (χ4n) is 2.11. The first-order chi connectivity index (χ1) is 7.05. The zero-order chi connectivity index (χ0) is 11.3. The van der Waals surface area contributed by atoms with Gasteiger partial charge in [0.1, 0.15) is 0 Å². The third-order valence-electron chi connectivity index (χ3n) is 3.11. The molecule has 1 aliphatic heterocycles. The molecule has 1 rings (SSSR count). The first-order valence-corrected chi connectivity index (χ1v) is 5.98. The van der Waals surface area contributed by atoms with E-state index >= 15 is 0 Å². The summed E-state index contributed by atoms with van der Waals surface area (Å²) in [5, 5.41) is 3.57. The molecule has 2 heteroatoms. The molecule has 0 bridgehead atoms. The lowest BCUT2D eigenvalue weighted by atomic mass is 9.99. The summed E-state index contributed by atoms with van der Waals surface area (Å²) in [6.45, 7) is 10.3. The third kappa shape index (κ3) is 4.24.